The van der Waals surface area contributed by atoms with Gasteiger partial charge in [-0.2, -0.15) is 5.10 Å². The maximum Gasteiger partial charge on any atom is 0.270 e. The molecular formula is C63H72FN11O7S2. The number of pyridine rings is 1. The van der Waals surface area contributed by atoms with Gasteiger partial charge in [-0.15, -0.1) is 11.3 Å². The summed E-state index contributed by atoms with van der Waals surface area (Å²) >= 11 is 2.92. The first-order valence-corrected chi connectivity index (χ1v) is 30.9. The van der Waals surface area contributed by atoms with Gasteiger partial charge in [-0.1, -0.05) is 87.8 Å². The summed E-state index contributed by atoms with van der Waals surface area (Å²) in [6, 6.07) is 21.0. The highest BCUT2D eigenvalue weighted by molar-refractivity contribution is 7.22. The van der Waals surface area contributed by atoms with Gasteiger partial charge in [-0.25, -0.2) is 19.3 Å². The highest BCUT2D eigenvalue weighted by atomic mass is 32.1. The Bertz CT molecular complexity index is 3590. The third-order valence-corrected chi connectivity index (χ3v) is 18.7. The Labute approximate surface area is 496 Å². The summed E-state index contributed by atoms with van der Waals surface area (Å²) in [6.07, 6.45) is 8.14. The lowest BCUT2D eigenvalue weighted by molar-refractivity contribution is -0.145. The van der Waals surface area contributed by atoms with E-state index in [1.165, 1.54) is 59.7 Å². The van der Waals surface area contributed by atoms with E-state index < -0.39 is 47.0 Å². The zero-order valence-corrected chi connectivity index (χ0v) is 49.8. The van der Waals surface area contributed by atoms with E-state index in [0.717, 1.165) is 55.3 Å². The number of β-amino-alcohol motifs (C(OH)–C–C–N with tert-alkyl or cyclic N) is 1. The molecule has 3 aromatic carbocycles. The van der Waals surface area contributed by atoms with Crippen LogP contribution in [-0.2, 0) is 40.4 Å². The van der Waals surface area contributed by atoms with Crippen molar-refractivity contribution in [3.05, 3.63) is 124 Å². The fourth-order valence-corrected chi connectivity index (χ4v) is 13.4. The van der Waals surface area contributed by atoms with Crippen LogP contribution < -0.4 is 30.9 Å². The average molecular weight is 1180 g/mol. The smallest absolute Gasteiger partial charge is 0.270 e. The number of hydrogen-bond donors (Lipinski definition) is 5. The SMILES string of the molecule is Cc1ncsc1-c1ccc(CNC(=O)[C@@H]2C[C@@H](O)CN2C(=O)[C@@H](NC(=O)C2(F)CC2)C(C)(C)C)c(OCCCNC(=O)c2nc(N3CCc4cccc(C(=O)Nc5nc6ccccc6s5)c4C3)ccc2-c2cnn(CC3CCCCC3)c2C)c1. The molecule has 0 bridgehead atoms. The van der Waals surface area contributed by atoms with Crippen LogP contribution in [0.4, 0.5) is 15.3 Å². The van der Waals surface area contributed by atoms with Gasteiger partial charge >= 0.3 is 0 Å². The third kappa shape index (κ3) is 12.7. The Morgan fingerprint density at radius 3 is 2.50 bits per heavy atom. The molecule has 3 fully saturated rings. The number of alkyl halides is 1. The Hall–Kier alpha value is -7.62. The minimum atomic E-state index is -2.00. The molecule has 7 aromatic rings. The van der Waals surface area contributed by atoms with Crippen molar-refractivity contribution in [2.75, 3.05) is 36.5 Å². The van der Waals surface area contributed by atoms with E-state index in [4.69, 9.17) is 14.8 Å². The predicted molar refractivity (Wildman–Crippen MR) is 323 cm³/mol. The van der Waals surface area contributed by atoms with E-state index in [2.05, 4.69) is 46.9 Å². The van der Waals surface area contributed by atoms with Crippen molar-refractivity contribution in [1.82, 2.24) is 45.6 Å². The maximum absolute atomic E-state index is 14.8. The lowest BCUT2D eigenvalue weighted by atomic mass is 9.85. The van der Waals surface area contributed by atoms with E-state index in [1.807, 2.05) is 86.8 Å². The molecule has 4 aliphatic rings. The molecule has 18 nitrogen and oxygen atoms in total. The molecule has 0 unspecified atom stereocenters. The number of ether oxygens (including phenoxy) is 1. The zero-order valence-electron chi connectivity index (χ0n) is 48.1. The van der Waals surface area contributed by atoms with Crippen LogP contribution >= 0.6 is 22.7 Å². The van der Waals surface area contributed by atoms with Crippen LogP contribution in [0.5, 0.6) is 5.75 Å². The number of aryl methyl sites for hydroxylation is 1. The van der Waals surface area contributed by atoms with Gasteiger partial charge in [0.25, 0.3) is 17.7 Å². The number of benzene rings is 3. The van der Waals surface area contributed by atoms with Crippen LogP contribution in [0.15, 0.2) is 84.5 Å². The summed E-state index contributed by atoms with van der Waals surface area (Å²) in [5, 5.41) is 27.9. The lowest BCUT2D eigenvalue weighted by Gasteiger charge is -2.35. The summed E-state index contributed by atoms with van der Waals surface area (Å²) in [5.41, 5.74) is 7.40. The normalized spacial score (nSPS) is 18.0. The lowest BCUT2D eigenvalue weighted by Crippen LogP contribution is -2.59. The van der Waals surface area contributed by atoms with Crippen molar-refractivity contribution in [2.45, 2.75) is 142 Å². The van der Waals surface area contributed by atoms with Crippen molar-refractivity contribution in [3.8, 4) is 27.3 Å². The number of para-hydroxylation sites is 1. The van der Waals surface area contributed by atoms with Crippen molar-refractivity contribution in [1.29, 1.82) is 0 Å². The Morgan fingerprint density at radius 1 is 0.929 bits per heavy atom. The first kappa shape index (κ1) is 58.2. The van der Waals surface area contributed by atoms with Gasteiger partial charge in [-0.3, -0.25) is 34.0 Å². The van der Waals surface area contributed by atoms with Crippen LogP contribution in [-0.4, -0.2) is 114 Å². The number of aliphatic hydroxyl groups is 1. The standard InChI is InChI=1S/C63H72FN11O7S2/c1-37-54(83-36-67-37)41-19-20-42(31-66-57(78)49-30-43(76)34-74(49)59(80)55(62(3,4)5)71-60(81)63(64)24-25-63)50(29-41)82-28-12-26-65-58(79)53-44(46-32-68-75(38(46)2)33-39-13-7-6-8-14-39)21-22-52(70-53)73-27-23-40-15-11-16-45(47(40)35-73)56(77)72-61-69-48-17-9-10-18-51(48)84-61/h9-11,15-22,29,32,36,39,43,49,55,76H,6-8,12-14,23-28,30-31,33-35H2,1-5H3,(H,65,79)(H,66,78)(H,71,81)(H,69,72,77)/t43-,49+,55-/m1/s1. The van der Waals surface area contributed by atoms with Crippen LogP contribution in [0.3, 0.4) is 0 Å². The second-order valence-electron chi connectivity index (χ2n) is 23.8. The molecule has 5 N–H and O–H groups in total. The fourth-order valence-electron chi connectivity index (χ4n) is 11.7. The zero-order chi connectivity index (χ0) is 58.9. The van der Waals surface area contributed by atoms with E-state index >= 15 is 0 Å². The molecule has 2 aliphatic carbocycles. The van der Waals surface area contributed by atoms with Gasteiger partial charge in [0, 0.05) is 73.6 Å². The van der Waals surface area contributed by atoms with Gasteiger partial charge in [0.05, 0.1) is 45.2 Å². The number of amides is 5. The molecule has 0 spiro atoms. The highest BCUT2D eigenvalue weighted by Gasteiger charge is 2.53. The van der Waals surface area contributed by atoms with E-state index in [9.17, 15) is 33.5 Å². The van der Waals surface area contributed by atoms with Gasteiger partial charge in [0.15, 0.2) is 10.8 Å². The Kier molecular flexibility index (Phi) is 17.0. The number of thiazole rings is 2. The van der Waals surface area contributed by atoms with Crippen LogP contribution in [0.25, 0.3) is 31.8 Å². The second kappa shape index (κ2) is 24.5. The molecule has 11 rings (SSSR count). The number of aromatic nitrogens is 5. The number of aliphatic hydroxyl groups excluding tert-OH is 1. The maximum atomic E-state index is 14.8. The molecule has 2 aliphatic heterocycles. The van der Waals surface area contributed by atoms with Gasteiger partial charge in [0.1, 0.15) is 29.3 Å². The number of nitrogens with zero attached hydrogens (tertiary/aromatic N) is 7. The summed E-state index contributed by atoms with van der Waals surface area (Å²) < 4.78 is 24.3. The first-order chi connectivity index (χ1) is 40.4. The predicted octanol–water partition coefficient (Wildman–Crippen LogP) is 9.50. The molecule has 3 atom stereocenters. The number of carbonyl (C=O) groups is 5. The number of hydrogen-bond acceptors (Lipinski definition) is 14. The molecule has 1 saturated heterocycles. The number of anilines is 2. The van der Waals surface area contributed by atoms with E-state index in [-0.39, 0.29) is 63.0 Å². The molecule has 2 saturated carbocycles. The molecule has 440 valence electrons. The van der Waals surface area contributed by atoms with Crippen molar-refractivity contribution >= 4 is 73.4 Å². The largest absolute Gasteiger partial charge is 0.493 e. The Balaban J connectivity index is 0.788. The minimum Gasteiger partial charge on any atom is -0.493 e. The monoisotopic (exact) mass is 1180 g/mol. The van der Waals surface area contributed by atoms with Crippen molar-refractivity contribution < 1.29 is 38.2 Å². The molecule has 21 heteroatoms. The second-order valence-corrected chi connectivity index (χ2v) is 25.7. The quantitative estimate of drug-likeness (QED) is 0.0478. The van der Waals surface area contributed by atoms with Gasteiger partial charge in [-0.05, 0) is 117 Å². The number of nitrogens with one attached hydrogen (secondary N) is 4. The molecule has 6 heterocycles. The van der Waals surface area contributed by atoms with Crippen molar-refractivity contribution in [3.63, 3.8) is 0 Å². The van der Waals surface area contributed by atoms with Crippen molar-refractivity contribution in [2.24, 2.45) is 11.3 Å². The number of carbonyl (C=O) groups excluding carboxylic acids is 5. The number of likely N-dealkylation sites (tertiary alicyclic amines) is 1. The summed E-state index contributed by atoms with van der Waals surface area (Å²) in [4.78, 5) is 88.2. The number of rotatable bonds is 19. The van der Waals surface area contributed by atoms with Gasteiger partial charge < -0.3 is 35.6 Å². The number of fused-ring (bicyclic) bond motifs is 2. The molecule has 84 heavy (non-hydrogen) atoms. The van der Waals surface area contributed by atoms with Crippen LogP contribution in [0.1, 0.15) is 127 Å². The third-order valence-electron chi connectivity index (χ3n) is 16.7. The van der Waals surface area contributed by atoms with Gasteiger partial charge in [0.2, 0.25) is 11.8 Å². The summed E-state index contributed by atoms with van der Waals surface area (Å²) in [5.74, 6) is -0.864. The number of halogens is 1. The van der Waals surface area contributed by atoms with Crippen LogP contribution in [0.2, 0.25) is 0 Å². The fraction of sp³-hybridized carbons (Fsp3) is 0.444. The topological polar surface area (TPSA) is 226 Å². The average Bonchev–Trinajstić information content (AvgIpc) is 4.06. The molecule has 5 amide bonds. The summed E-state index contributed by atoms with van der Waals surface area (Å²) in [6.45, 7) is 11.4. The molecule has 4 aromatic heterocycles. The molecular weight excluding hydrogens is 1110 g/mol. The minimum absolute atomic E-state index is 0.0141. The van der Waals surface area contributed by atoms with E-state index in [1.54, 1.807) is 26.3 Å². The Morgan fingerprint density at radius 2 is 1.74 bits per heavy atom. The first-order valence-electron chi connectivity index (χ1n) is 29.2. The van der Waals surface area contributed by atoms with Crippen LogP contribution in [0, 0.1) is 25.2 Å². The highest BCUT2D eigenvalue weighted by Crippen LogP contribution is 2.41. The summed E-state index contributed by atoms with van der Waals surface area (Å²) in [7, 11) is 0. The molecule has 0 radical (unpaired) electrons. The van der Waals surface area contributed by atoms with E-state index in [0.29, 0.717) is 65.2 Å².